The van der Waals surface area contributed by atoms with Gasteiger partial charge in [0.05, 0.1) is 11.9 Å². The highest BCUT2D eigenvalue weighted by Gasteiger charge is 2.26. The van der Waals surface area contributed by atoms with E-state index in [1.165, 1.54) is 21.3 Å². The van der Waals surface area contributed by atoms with Crippen molar-refractivity contribution in [1.29, 1.82) is 0 Å². The van der Waals surface area contributed by atoms with Gasteiger partial charge in [-0.3, -0.25) is 13.9 Å². The topological polar surface area (TPSA) is 86.8 Å². The van der Waals surface area contributed by atoms with E-state index in [9.17, 15) is 22.4 Å². The maximum Gasteiger partial charge on any atom is 0.242 e. The van der Waals surface area contributed by atoms with Crippen LogP contribution in [0.25, 0.3) is 0 Å². The van der Waals surface area contributed by atoms with Crippen molar-refractivity contribution < 1.29 is 22.4 Å². The third-order valence-corrected chi connectivity index (χ3v) is 6.70. The van der Waals surface area contributed by atoms with Gasteiger partial charge < -0.3 is 10.2 Å². The van der Waals surface area contributed by atoms with Gasteiger partial charge in [0.25, 0.3) is 0 Å². The van der Waals surface area contributed by atoms with E-state index < -0.39 is 21.9 Å². The highest BCUT2D eigenvalue weighted by Crippen LogP contribution is 2.21. The summed E-state index contributed by atoms with van der Waals surface area (Å²) in [6, 6.07) is 11.4. The van der Waals surface area contributed by atoms with E-state index in [0.717, 1.165) is 12.7 Å². The van der Waals surface area contributed by atoms with Gasteiger partial charge >= 0.3 is 0 Å². The van der Waals surface area contributed by atoms with E-state index in [4.69, 9.17) is 11.6 Å². The molecule has 7 nitrogen and oxygen atoms in total. The lowest BCUT2D eigenvalue weighted by molar-refractivity contribution is -0.140. The van der Waals surface area contributed by atoms with E-state index >= 15 is 0 Å². The maximum atomic E-state index is 13.3. The number of nitrogens with one attached hydrogen (secondary N) is 1. The minimum absolute atomic E-state index is 0.0339. The number of anilines is 1. The van der Waals surface area contributed by atoms with Crippen LogP contribution in [-0.4, -0.2) is 50.5 Å². The summed E-state index contributed by atoms with van der Waals surface area (Å²) in [6.07, 6.45) is 2.14. The first-order valence-electron chi connectivity index (χ1n) is 11.1. The number of halogens is 2. The quantitative estimate of drug-likeness (QED) is 0.467. The Kier molecular flexibility index (Phi) is 10.3. The maximum absolute atomic E-state index is 13.3. The summed E-state index contributed by atoms with van der Waals surface area (Å²) in [5, 5.41) is 3.28. The van der Waals surface area contributed by atoms with Gasteiger partial charge in [0.1, 0.15) is 11.9 Å². The van der Waals surface area contributed by atoms with Crippen LogP contribution in [0.2, 0.25) is 5.02 Å². The molecule has 0 aliphatic rings. The van der Waals surface area contributed by atoms with Crippen LogP contribution in [0.15, 0.2) is 48.5 Å². The van der Waals surface area contributed by atoms with Gasteiger partial charge in [-0.2, -0.15) is 0 Å². The second-order valence-electron chi connectivity index (χ2n) is 8.03. The summed E-state index contributed by atoms with van der Waals surface area (Å²) in [5.74, 6) is -0.970. The summed E-state index contributed by atoms with van der Waals surface area (Å²) in [5.41, 5.74) is 1.14. The molecule has 2 aromatic carbocycles. The number of sulfonamides is 1. The fourth-order valence-corrected chi connectivity index (χ4v) is 4.47. The van der Waals surface area contributed by atoms with Crippen LogP contribution in [0.1, 0.15) is 38.7 Å². The summed E-state index contributed by atoms with van der Waals surface area (Å²) in [7, 11) is -3.58. The van der Waals surface area contributed by atoms with Crippen molar-refractivity contribution in [2.45, 2.75) is 45.7 Å². The number of hydrogen-bond acceptors (Lipinski definition) is 4. The molecule has 0 aliphatic heterocycles. The molecule has 0 spiro atoms. The van der Waals surface area contributed by atoms with Crippen LogP contribution in [0.3, 0.4) is 0 Å². The Morgan fingerprint density at radius 1 is 1.09 bits per heavy atom. The molecule has 34 heavy (non-hydrogen) atoms. The Labute approximate surface area is 205 Å². The number of amides is 2. The van der Waals surface area contributed by atoms with Crippen LogP contribution < -0.4 is 9.62 Å². The number of hydrogen-bond donors (Lipinski definition) is 1. The molecular weight excluding hydrogens is 481 g/mol. The summed E-state index contributed by atoms with van der Waals surface area (Å²) in [4.78, 5) is 27.1. The molecule has 10 heteroatoms. The second-order valence-corrected chi connectivity index (χ2v) is 10.4. The lowest BCUT2D eigenvalue weighted by Gasteiger charge is -2.29. The molecule has 0 radical (unpaired) electrons. The zero-order chi connectivity index (χ0) is 25.3. The Bertz CT molecular complexity index is 1060. The molecule has 0 heterocycles. The normalized spacial score (nSPS) is 12.1. The van der Waals surface area contributed by atoms with Crippen molar-refractivity contribution in [2.24, 2.45) is 0 Å². The van der Waals surface area contributed by atoms with Crippen molar-refractivity contribution in [3.8, 4) is 0 Å². The zero-order valence-electron chi connectivity index (χ0n) is 19.6. The third kappa shape index (κ3) is 8.29. The zero-order valence-corrected chi connectivity index (χ0v) is 21.2. The Balaban J connectivity index is 2.13. The Hall–Kier alpha value is -2.65. The molecule has 2 rings (SSSR count). The van der Waals surface area contributed by atoms with E-state index in [1.54, 1.807) is 43.3 Å². The number of carbonyl (C=O) groups is 2. The number of nitrogens with zero attached hydrogens (tertiary/aromatic N) is 2. The highest BCUT2D eigenvalue weighted by molar-refractivity contribution is 7.92. The molecule has 2 amide bonds. The molecule has 0 saturated heterocycles. The second kappa shape index (κ2) is 12.7. The lowest BCUT2D eigenvalue weighted by Crippen LogP contribution is -2.47. The van der Waals surface area contributed by atoms with Crippen LogP contribution in [0.4, 0.5) is 10.1 Å². The first-order chi connectivity index (χ1) is 16.0. The fourth-order valence-electron chi connectivity index (χ4n) is 3.38. The van der Waals surface area contributed by atoms with Crippen molar-refractivity contribution in [3.63, 3.8) is 0 Å². The van der Waals surface area contributed by atoms with Gasteiger partial charge in [-0.1, -0.05) is 30.7 Å². The monoisotopic (exact) mass is 511 g/mol. The van der Waals surface area contributed by atoms with Crippen LogP contribution in [0.5, 0.6) is 0 Å². The molecule has 1 N–H and O–H groups in total. The van der Waals surface area contributed by atoms with Gasteiger partial charge in [0, 0.05) is 31.1 Å². The predicted molar refractivity (Wildman–Crippen MR) is 133 cm³/mol. The molecule has 0 aromatic heterocycles. The van der Waals surface area contributed by atoms with Gasteiger partial charge in [0.2, 0.25) is 21.8 Å². The largest absolute Gasteiger partial charge is 0.354 e. The Morgan fingerprint density at radius 3 is 2.26 bits per heavy atom. The molecule has 0 aliphatic carbocycles. The van der Waals surface area contributed by atoms with Crippen molar-refractivity contribution in [3.05, 3.63) is 64.9 Å². The average molecular weight is 512 g/mol. The smallest absolute Gasteiger partial charge is 0.242 e. The summed E-state index contributed by atoms with van der Waals surface area (Å²) >= 11 is 5.90. The SMILES string of the molecule is CCCNC(=O)[C@@H](C)N(Cc1ccc(F)cc1)C(=O)CCCN(c1ccc(Cl)cc1)S(C)(=O)=O. The molecule has 0 unspecified atom stereocenters. The van der Waals surface area contributed by atoms with Crippen LogP contribution in [0, 0.1) is 5.82 Å². The molecule has 1 atom stereocenters. The summed E-state index contributed by atoms with van der Waals surface area (Å²) in [6.45, 7) is 4.29. The van der Waals surface area contributed by atoms with E-state index in [0.29, 0.717) is 22.8 Å². The lowest BCUT2D eigenvalue weighted by atomic mass is 10.1. The highest BCUT2D eigenvalue weighted by atomic mass is 35.5. The van der Waals surface area contributed by atoms with Crippen molar-refractivity contribution in [2.75, 3.05) is 23.7 Å². The third-order valence-electron chi connectivity index (χ3n) is 5.25. The standard InChI is InChI=1S/C24H31ClFN3O4S/c1-4-15-27-24(31)18(2)28(17-19-7-11-21(26)12-8-19)23(30)6-5-16-29(34(3,32)33)22-13-9-20(25)10-14-22/h7-14,18H,4-6,15-17H2,1-3H3,(H,27,31)/t18-/m1/s1. The van der Waals surface area contributed by atoms with E-state index in [1.807, 2.05) is 6.92 Å². The molecule has 0 bridgehead atoms. The fraction of sp³-hybridized carbons (Fsp3) is 0.417. The summed E-state index contributed by atoms with van der Waals surface area (Å²) < 4.78 is 39.1. The van der Waals surface area contributed by atoms with Crippen LogP contribution in [-0.2, 0) is 26.2 Å². The van der Waals surface area contributed by atoms with Crippen molar-refractivity contribution in [1.82, 2.24) is 10.2 Å². The van der Waals surface area contributed by atoms with E-state index in [2.05, 4.69) is 5.32 Å². The molecule has 0 fully saturated rings. The van der Waals surface area contributed by atoms with Gasteiger partial charge in [-0.25, -0.2) is 12.8 Å². The molecule has 186 valence electrons. The molecule has 2 aromatic rings. The van der Waals surface area contributed by atoms with Crippen molar-refractivity contribution >= 4 is 39.1 Å². The predicted octanol–water partition coefficient (Wildman–Crippen LogP) is 3.97. The van der Waals surface area contributed by atoms with Gasteiger partial charge in [-0.15, -0.1) is 0 Å². The average Bonchev–Trinajstić information content (AvgIpc) is 2.79. The minimum Gasteiger partial charge on any atom is -0.354 e. The first kappa shape index (κ1) is 27.6. The minimum atomic E-state index is -3.58. The van der Waals surface area contributed by atoms with Gasteiger partial charge in [0.15, 0.2) is 0 Å². The molecule has 0 saturated carbocycles. The van der Waals surface area contributed by atoms with Crippen LogP contribution >= 0.6 is 11.6 Å². The van der Waals surface area contributed by atoms with Gasteiger partial charge in [-0.05, 0) is 61.7 Å². The Morgan fingerprint density at radius 2 is 1.71 bits per heavy atom. The number of benzene rings is 2. The molecular formula is C24H31ClFN3O4S. The number of rotatable bonds is 12. The first-order valence-corrected chi connectivity index (χ1v) is 13.3. The van der Waals surface area contributed by atoms with E-state index in [-0.39, 0.29) is 37.7 Å². The number of carbonyl (C=O) groups excluding carboxylic acids is 2.